The number of hydrogen-bond donors (Lipinski definition) is 2. The smallest absolute Gasteiger partial charge is 0.262 e. The lowest BCUT2D eigenvalue weighted by Crippen LogP contribution is -2.35. The van der Waals surface area contributed by atoms with Crippen molar-refractivity contribution in [1.82, 2.24) is 5.43 Å². The van der Waals surface area contributed by atoms with E-state index < -0.39 is 0 Å². The van der Waals surface area contributed by atoms with Crippen molar-refractivity contribution in [3.05, 3.63) is 64.1 Å². The number of carbonyl (C=O) groups excluding carboxylic acids is 1. The minimum Gasteiger partial charge on any atom is -0.374 e. The third-order valence-electron chi connectivity index (χ3n) is 3.51. The summed E-state index contributed by atoms with van der Waals surface area (Å²) in [5.74, 6) is -0.176. The zero-order valence-electron chi connectivity index (χ0n) is 13.4. The lowest BCUT2D eigenvalue weighted by Gasteiger charge is -2.15. The van der Waals surface area contributed by atoms with Crippen LogP contribution >= 0.6 is 15.9 Å². The molecule has 0 spiro atoms. The number of hydrazone groups is 1. The first-order chi connectivity index (χ1) is 11.0. The molecule has 0 fully saturated rings. The van der Waals surface area contributed by atoms with Gasteiger partial charge in [0.05, 0.1) is 5.71 Å². The van der Waals surface area contributed by atoms with Gasteiger partial charge in [-0.25, -0.2) is 5.43 Å². The summed E-state index contributed by atoms with van der Waals surface area (Å²) >= 11 is 3.40. The summed E-state index contributed by atoms with van der Waals surface area (Å²) in [5.41, 5.74) is 6.38. The number of benzene rings is 2. The van der Waals surface area contributed by atoms with Crippen molar-refractivity contribution in [2.75, 3.05) is 5.32 Å². The highest BCUT2D eigenvalue weighted by Crippen LogP contribution is 2.14. The number of halogens is 1. The van der Waals surface area contributed by atoms with Gasteiger partial charge in [-0.2, -0.15) is 5.10 Å². The zero-order valence-corrected chi connectivity index (χ0v) is 15.0. The van der Waals surface area contributed by atoms with E-state index in [0.29, 0.717) is 0 Å². The first-order valence-corrected chi connectivity index (χ1v) is 8.19. The first-order valence-electron chi connectivity index (χ1n) is 7.39. The number of nitrogens with one attached hydrogen (secondary N) is 2. The third-order valence-corrected chi connectivity index (χ3v) is 4.03. The van der Waals surface area contributed by atoms with Crippen LogP contribution in [0.15, 0.2) is 58.1 Å². The highest BCUT2D eigenvalue weighted by molar-refractivity contribution is 9.10. The van der Waals surface area contributed by atoms with Gasteiger partial charge in [0.1, 0.15) is 6.04 Å². The number of para-hydroxylation sites is 1. The standard InChI is InChI=1S/C18H20BrN3O/c1-12-6-4-5-7-17(12)20-14(3)18(23)22-21-13(2)15-8-10-16(19)11-9-15/h4-11,14,20H,1-3H3,(H,22,23). The van der Waals surface area contributed by atoms with Crippen LogP contribution in [-0.2, 0) is 4.79 Å². The van der Waals surface area contributed by atoms with Crippen LogP contribution in [0, 0.1) is 6.92 Å². The molecule has 5 heteroatoms. The van der Waals surface area contributed by atoms with Gasteiger partial charge >= 0.3 is 0 Å². The van der Waals surface area contributed by atoms with Crippen LogP contribution < -0.4 is 10.7 Å². The van der Waals surface area contributed by atoms with Crippen LogP contribution in [0.3, 0.4) is 0 Å². The van der Waals surface area contributed by atoms with Crippen molar-refractivity contribution in [1.29, 1.82) is 0 Å². The summed E-state index contributed by atoms with van der Waals surface area (Å²) in [5, 5.41) is 7.36. The van der Waals surface area contributed by atoms with Crippen molar-refractivity contribution < 1.29 is 4.79 Å². The topological polar surface area (TPSA) is 53.5 Å². The normalized spacial score (nSPS) is 12.6. The maximum absolute atomic E-state index is 12.2. The molecule has 0 heterocycles. The fraction of sp³-hybridized carbons (Fsp3) is 0.222. The van der Waals surface area contributed by atoms with Crippen LogP contribution in [-0.4, -0.2) is 17.7 Å². The molecule has 0 radical (unpaired) electrons. The van der Waals surface area contributed by atoms with Gasteiger partial charge in [-0.3, -0.25) is 4.79 Å². The minimum absolute atomic E-state index is 0.176. The Morgan fingerprint density at radius 1 is 1.13 bits per heavy atom. The molecule has 2 aromatic rings. The third kappa shape index (κ3) is 4.93. The van der Waals surface area contributed by atoms with E-state index in [1.54, 1.807) is 0 Å². The predicted molar refractivity (Wildman–Crippen MR) is 98.8 cm³/mol. The Morgan fingerprint density at radius 2 is 1.78 bits per heavy atom. The van der Waals surface area contributed by atoms with Crippen molar-refractivity contribution in [3.8, 4) is 0 Å². The molecule has 0 bridgehead atoms. The number of anilines is 1. The maximum Gasteiger partial charge on any atom is 0.262 e. The Balaban J connectivity index is 1.97. The SMILES string of the molecule is CC(=NNC(=O)C(C)Nc1ccccc1C)c1ccc(Br)cc1. The van der Waals surface area contributed by atoms with E-state index in [2.05, 4.69) is 31.8 Å². The van der Waals surface area contributed by atoms with E-state index >= 15 is 0 Å². The first kappa shape index (κ1) is 17.2. The van der Waals surface area contributed by atoms with E-state index in [0.717, 1.165) is 27.0 Å². The van der Waals surface area contributed by atoms with Gasteiger partial charge in [0, 0.05) is 10.2 Å². The average Bonchev–Trinajstić information content (AvgIpc) is 2.55. The van der Waals surface area contributed by atoms with Crippen molar-refractivity contribution in [3.63, 3.8) is 0 Å². The number of aryl methyl sites for hydroxylation is 1. The molecule has 1 amide bonds. The van der Waals surface area contributed by atoms with E-state index in [9.17, 15) is 4.79 Å². The monoisotopic (exact) mass is 373 g/mol. The second kappa shape index (κ2) is 7.92. The molecule has 0 aromatic heterocycles. The lowest BCUT2D eigenvalue weighted by molar-refractivity contribution is -0.121. The second-order valence-electron chi connectivity index (χ2n) is 5.36. The Morgan fingerprint density at radius 3 is 2.43 bits per heavy atom. The zero-order chi connectivity index (χ0) is 16.8. The molecule has 2 aromatic carbocycles. The predicted octanol–water partition coefficient (Wildman–Crippen LogP) is 4.10. The minimum atomic E-state index is -0.377. The summed E-state index contributed by atoms with van der Waals surface area (Å²) in [6.45, 7) is 5.68. The van der Waals surface area contributed by atoms with Crippen LogP contribution in [0.5, 0.6) is 0 Å². The maximum atomic E-state index is 12.2. The number of nitrogens with zero attached hydrogens (tertiary/aromatic N) is 1. The second-order valence-corrected chi connectivity index (χ2v) is 6.28. The van der Waals surface area contributed by atoms with E-state index in [1.807, 2.05) is 69.3 Å². The van der Waals surface area contributed by atoms with Crippen LogP contribution in [0.25, 0.3) is 0 Å². The van der Waals surface area contributed by atoms with E-state index in [1.165, 1.54) is 0 Å². The van der Waals surface area contributed by atoms with E-state index in [-0.39, 0.29) is 11.9 Å². The van der Waals surface area contributed by atoms with Gasteiger partial charge in [-0.1, -0.05) is 46.3 Å². The molecule has 0 aliphatic rings. The number of rotatable bonds is 5. The Bertz CT molecular complexity index is 710. The molecule has 0 saturated heterocycles. The fourth-order valence-corrected chi connectivity index (χ4v) is 2.29. The quantitative estimate of drug-likeness (QED) is 0.612. The summed E-state index contributed by atoms with van der Waals surface area (Å²) in [7, 11) is 0. The van der Waals surface area contributed by atoms with Crippen molar-refractivity contribution in [2.24, 2.45) is 5.10 Å². The van der Waals surface area contributed by atoms with Gasteiger partial charge < -0.3 is 5.32 Å². The number of hydrogen-bond acceptors (Lipinski definition) is 3. The van der Waals surface area contributed by atoms with Crippen LogP contribution in [0.4, 0.5) is 5.69 Å². The molecule has 0 aliphatic carbocycles. The van der Waals surface area contributed by atoms with Crippen LogP contribution in [0.1, 0.15) is 25.0 Å². The fourth-order valence-electron chi connectivity index (χ4n) is 2.03. The molecule has 23 heavy (non-hydrogen) atoms. The Kier molecular flexibility index (Phi) is 5.93. The van der Waals surface area contributed by atoms with Crippen molar-refractivity contribution >= 4 is 33.2 Å². The van der Waals surface area contributed by atoms with Gasteiger partial charge in [0.2, 0.25) is 0 Å². The summed E-state index contributed by atoms with van der Waals surface area (Å²) in [6, 6.07) is 15.3. The Hall–Kier alpha value is -2.14. The van der Waals surface area contributed by atoms with Crippen LogP contribution in [0.2, 0.25) is 0 Å². The number of amides is 1. The highest BCUT2D eigenvalue weighted by atomic mass is 79.9. The summed E-state index contributed by atoms with van der Waals surface area (Å²) < 4.78 is 1.01. The van der Waals surface area contributed by atoms with Crippen molar-refractivity contribution in [2.45, 2.75) is 26.8 Å². The molecule has 4 nitrogen and oxygen atoms in total. The highest BCUT2D eigenvalue weighted by Gasteiger charge is 2.12. The molecule has 2 rings (SSSR count). The molecular weight excluding hydrogens is 354 g/mol. The molecule has 120 valence electrons. The van der Waals surface area contributed by atoms with Gasteiger partial charge in [-0.05, 0) is 50.1 Å². The average molecular weight is 374 g/mol. The Labute approximate surface area is 145 Å². The molecule has 0 aliphatic heterocycles. The summed E-state index contributed by atoms with van der Waals surface area (Å²) in [6.07, 6.45) is 0. The molecule has 1 unspecified atom stereocenters. The number of carbonyl (C=O) groups is 1. The van der Waals surface area contributed by atoms with E-state index in [4.69, 9.17) is 0 Å². The molecular formula is C18H20BrN3O. The molecule has 2 N–H and O–H groups in total. The van der Waals surface area contributed by atoms with Gasteiger partial charge in [-0.15, -0.1) is 0 Å². The molecule has 1 atom stereocenters. The summed E-state index contributed by atoms with van der Waals surface area (Å²) in [4.78, 5) is 12.2. The largest absolute Gasteiger partial charge is 0.374 e. The van der Waals surface area contributed by atoms with Gasteiger partial charge in [0.15, 0.2) is 0 Å². The van der Waals surface area contributed by atoms with Gasteiger partial charge in [0.25, 0.3) is 5.91 Å². The lowest BCUT2D eigenvalue weighted by atomic mass is 10.1. The molecule has 0 saturated carbocycles.